The van der Waals surface area contributed by atoms with Crippen LogP contribution in [0.15, 0.2) is 24.3 Å². The molecule has 2 rings (SSSR count). The predicted molar refractivity (Wildman–Crippen MR) is 79.5 cm³/mol. The first-order valence-electron chi connectivity index (χ1n) is 6.96. The van der Waals surface area contributed by atoms with Crippen LogP contribution in [0.1, 0.15) is 49.0 Å². The first-order chi connectivity index (χ1) is 9.02. The molecule has 1 aromatic carbocycles. The SMILES string of the molecule is CC1(C)CCCN(C(=O)c2cccc(CCl)c2)CC1. The predicted octanol–water partition coefficient (Wildman–Crippen LogP) is 4.08. The van der Waals surface area contributed by atoms with Gasteiger partial charge in [0.05, 0.1) is 0 Å². The summed E-state index contributed by atoms with van der Waals surface area (Å²) in [5.74, 6) is 0.596. The Morgan fingerprint density at radius 1 is 1.32 bits per heavy atom. The first-order valence-corrected chi connectivity index (χ1v) is 7.49. The Hall–Kier alpha value is -1.02. The second-order valence-corrected chi connectivity index (χ2v) is 6.41. The lowest BCUT2D eigenvalue weighted by atomic mass is 9.85. The second-order valence-electron chi connectivity index (χ2n) is 6.14. The van der Waals surface area contributed by atoms with Gasteiger partial charge in [0.15, 0.2) is 0 Å². The zero-order valence-electron chi connectivity index (χ0n) is 11.8. The summed E-state index contributed by atoms with van der Waals surface area (Å²) in [5.41, 5.74) is 2.12. The van der Waals surface area contributed by atoms with Crippen molar-refractivity contribution >= 4 is 17.5 Å². The summed E-state index contributed by atoms with van der Waals surface area (Å²) in [4.78, 5) is 14.5. The molecule has 1 amide bonds. The summed E-state index contributed by atoms with van der Waals surface area (Å²) in [6.07, 6.45) is 3.36. The third-order valence-corrected chi connectivity index (χ3v) is 4.26. The fraction of sp³-hybridized carbons (Fsp3) is 0.562. The van der Waals surface area contributed by atoms with Gasteiger partial charge in [-0.3, -0.25) is 4.79 Å². The van der Waals surface area contributed by atoms with Crippen molar-refractivity contribution in [3.63, 3.8) is 0 Å². The van der Waals surface area contributed by atoms with Crippen molar-refractivity contribution in [3.05, 3.63) is 35.4 Å². The number of rotatable bonds is 2. The molecule has 0 radical (unpaired) electrons. The average molecular weight is 280 g/mol. The Balaban J connectivity index is 2.10. The van der Waals surface area contributed by atoms with Gasteiger partial charge in [-0.25, -0.2) is 0 Å². The van der Waals surface area contributed by atoms with E-state index in [1.807, 2.05) is 29.2 Å². The second kappa shape index (κ2) is 5.96. The van der Waals surface area contributed by atoms with E-state index in [0.29, 0.717) is 11.3 Å². The number of hydrogen-bond donors (Lipinski definition) is 0. The van der Waals surface area contributed by atoms with Gasteiger partial charge in [0.1, 0.15) is 0 Å². The number of carbonyl (C=O) groups excluding carboxylic acids is 1. The van der Waals surface area contributed by atoms with Crippen molar-refractivity contribution in [2.45, 2.75) is 39.0 Å². The lowest BCUT2D eigenvalue weighted by molar-refractivity contribution is 0.0757. The number of likely N-dealkylation sites (tertiary alicyclic amines) is 1. The highest BCUT2D eigenvalue weighted by Gasteiger charge is 2.25. The quantitative estimate of drug-likeness (QED) is 0.747. The first kappa shape index (κ1) is 14.4. The van der Waals surface area contributed by atoms with Gasteiger partial charge in [0.2, 0.25) is 0 Å². The smallest absolute Gasteiger partial charge is 0.253 e. The van der Waals surface area contributed by atoms with E-state index in [1.165, 1.54) is 6.42 Å². The van der Waals surface area contributed by atoms with E-state index < -0.39 is 0 Å². The van der Waals surface area contributed by atoms with Gasteiger partial charge < -0.3 is 4.90 Å². The summed E-state index contributed by atoms with van der Waals surface area (Å²) < 4.78 is 0. The summed E-state index contributed by atoms with van der Waals surface area (Å²) in [7, 11) is 0. The molecule has 1 heterocycles. The van der Waals surface area contributed by atoms with Gasteiger partial charge in [0, 0.05) is 24.5 Å². The fourth-order valence-electron chi connectivity index (χ4n) is 2.60. The largest absolute Gasteiger partial charge is 0.339 e. The molecule has 104 valence electrons. The van der Waals surface area contributed by atoms with Crippen molar-refractivity contribution in [1.29, 1.82) is 0 Å². The Morgan fingerprint density at radius 3 is 2.84 bits per heavy atom. The van der Waals surface area contributed by atoms with Gasteiger partial charge in [-0.15, -0.1) is 11.6 Å². The minimum atomic E-state index is 0.143. The molecule has 1 aliphatic heterocycles. The van der Waals surface area contributed by atoms with Crippen molar-refractivity contribution in [2.75, 3.05) is 13.1 Å². The highest BCUT2D eigenvalue weighted by atomic mass is 35.5. The van der Waals surface area contributed by atoms with E-state index in [4.69, 9.17) is 11.6 Å². The molecular formula is C16H22ClNO. The number of carbonyl (C=O) groups is 1. The Bertz CT molecular complexity index is 456. The van der Waals surface area contributed by atoms with Crippen molar-refractivity contribution in [2.24, 2.45) is 5.41 Å². The van der Waals surface area contributed by atoms with Crippen LogP contribution >= 0.6 is 11.6 Å². The Kier molecular flexibility index (Phi) is 4.51. The molecule has 0 atom stereocenters. The molecule has 0 aromatic heterocycles. The standard InChI is InChI=1S/C16H22ClNO/c1-16(2)7-4-9-18(10-8-16)15(19)14-6-3-5-13(11-14)12-17/h3,5-6,11H,4,7-10,12H2,1-2H3. The van der Waals surface area contributed by atoms with Gasteiger partial charge in [-0.1, -0.05) is 26.0 Å². The minimum Gasteiger partial charge on any atom is -0.339 e. The molecule has 1 aliphatic rings. The molecule has 3 heteroatoms. The highest BCUT2D eigenvalue weighted by Crippen LogP contribution is 2.30. The molecule has 1 aromatic rings. The maximum Gasteiger partial charge on any atom is 0.253 e. The number of hydrogen-bond acceptors (Lipinski definition) is 1. The zero-order valence-corrected chi connectivity index (χ0v) is 12.5. The molecule has 1 fully saturated rings. The van der Waals surface area contributed by atoms with Crippen molar-refractivity contribution in [3.8, 4) is 0 Å². The van der Waals surface area contributed by atoms with Crippen molar-refractivity contribution < 1.29 is 4.79 Å². The lowest BCUT2D eigenvalue weighted by Crippen LogP contribution is -2.32. The van der Waals surface area contributed by atoms with Gasteiger partial charge in [-0.2, -0.15) is 0 Å². The molecular weight excluding hydrogens is 258 g/mol. The van der Waals surface area contributed by atoms with Crippen LogP contribution in [-0.2, 0) is 5.88 Å². The number of halogens is 1. The van der Waals surface area contributed by atoms with Crippen LogP contribution in [0.5, 0.6) is 0 Å². The third-order valence-electron chi connectivity index (χ3n) is 3.96. The summed E-state index contributed by atoms with van der Waals surface area (Å²) in [6.45, 7) is 6.30. The monoisotopic (exact) mass is 279 g/mol. The maximum atomic E-state index is 12.5. The Labute approximate surface area is 120 Å². The Morgan fingerprint density at radius 2 is 2.11 bits per heavy atom. The van der Waals surface area contributed by atoms with Crippen LogP contribution in [-0.4, -0.2) is 23.9 Å². The third kappa shape index (κ3) is 3.73. The van der Waals surface area contributed by atoms with E-state index in [9.17, 15) is 4.79 Å². The topological polar surface area (TPSA) is 20.3 Å². The van der Waals surface area contributed by atoms with Gasteiger partial charge in [-0.05, 0) is 42.4 Å². The molecule has 0 saturated carbocycles. The lowest BCUT2D eigenvalue weighted by Gasteiger charge is -2.23. The summed E-state index contributed by atoms with van der Waals surface area (Å²) in [6, 6.07) is 7.65. The zero-order chi connectivity index (χ0) is 13.9. The molecule has 2 nitrogen and oxygen atoms in total. The number of benzene rings is 1. The molecule has 1 saturated heterocycles. The summed E-state index contributed by atoms with van der Waals surface area (Å²) >= 11 is 5.83. The average Bonchev–Trinajstić information content (AvgIpc) is 2.59. The molecule has 19 heavy (non-hydrogen) atoms. The van der Waals surface area contributed by atoms with Crippen molar-refractivity contribution in [1.82, 2.24) is 4.90 Å². The molecule has 0 spiro atoms. The van der Waals surface area contributed by atoms with E-state index in [-0.39, 0.29) is 5.91 Å². The molecule has 0 aliphatic carbocycles. The van der Waals surface area contributed by atoms with Crippen LogP contribution in [0.25, 0.3) is 0 Å². The van der Waals surface area contributed by atoms with E-state index in [0.717, 1.165) is 37.1 Å². The normalized spacial score (nSPS) is 19.0. The van der Waals surface area contributed by atoms with Crippen LogP contribution in [0.4, 0.5) is 0 Å². The summed E-state index contributed by atoms with van der Waals surface area (Å²) in [5, 5.41) is 0. The molecule has 0 bridgehead atoms. The van der Waals surface area contributed by atoms with Crippen LogP contribution in [0.2, 0.25) is 0 Å². The van der Waals surface area contributed by atoms with E-state index in [2.05, 4.69) is 13.8 Å². The van der Waals surface area contributed by atoms with E-state index >= 15 is 0 Å². The highest BCUT2D eigenvalue weighted by molar-refractivity contribution is 6.17. The number of nitrogens with zero attached hydrogens (tertiary/aromatic N) is 1. The molecule has 0 unspecified atom stereocenters. The molecule has 0 N–H and O–H groups in total. The fourth-order valence-corrected chi connectivity index (χ4v) is 2.76. The van der Waals surface area contributed by atoms with Crippen LogP contribution < -0.4 is 0 Å². The number of alkyl halides is 1. The maximum absolute atomic E-state index is 12.5. The van der Waals surface area contributed by atoms with Crippen LogP contribution in [0.3, 0.4) is 0 Å². The van der Waals surface area contributed by atoms with E-state index in [1.54, 1.807) is 0 Å². The number of amides is 1. The van der Waals surface area contributed by atoms with Gasteiger partial charge in [0.25, 0.3) is 5.91 Å². The minimum absolute atomic E-state index is 0.143. The van der Waals surface area contributed by atoms with Crippen LogP contribution in [0, 0.1) is 5.41 Å². The van der Waals surface area contributed by atoms with Gasteiger partial charge >= 0.3 is 0 Å².